The van der Waals surface area contributed by atoms with Crippen molar-refractivity contribution in [3.63, 3.8) is 0 Å². The molecule has 4 heteroatoms. The normalized spacial score (nSPS) is 13.8. The van der Waals surface area contributed by atoms with Crippen molar-refractivity contribution in [3.8, 4) is 11.5 Å². The third kappa shape index (κ3) is 6.19. The van der Waals surface area contributed by atoms with Gasteiger partial charge in [-0.1, -0.05) is 86.8 Å². The maximum absolute atomic E-state index is 12.7. The molecule has 182 valence electrons. The van der Waals surface area contributed by atoms with Gasteiger partial charge in [0, 0.05) is 18.0 Å². The first-order chi connectivity index (χ1) is 16.6. The number of ether oxygens (including phenoxy) is 2. The van der Waals surface area contributed by atoms with Crippen LogP contribution in [-0.2, 0) is 5.60 Å². The molecule has 2 N–H and O–H groups in total. The second-order valence-corrected chi connectivity index (χ2v) is 8.65. The van der Waals surface area contributed by atoms with Gasteiger partial charge in [-0.25, -0.2) is 0 Å². The smallest absolute Gasteiger partial charge is 0.126 e. The number of hydrogen-bond acceptors (Lipinski definition) is 4. The summed E-state index contributed by atoms with van der Waals surface area (Å²) < 4.78 is 11.4. The highest BCUT2D eigenvalue weighted by atomic mass is 16.5. The van der Waals surface area contributed by atoms with Gasteiger partial charge in [-0.3, -0.25) is 0 Å². The molecule has 0 aliphatic carbocycles. The predicted octanol–water partition coefficient (Wildman–Crippen LogP) is 6.28. The van der Waals surface area contributed by atoms with Crippen LogP contribution in [0.1, 0.15) is 62.1 Å². The third-order valence-electron chi connectivity index (χ3n) is 6.38. The molecular formula is C30H39NO3. The van der Waals surface area contributed by atoms with Crippen LogP contribution in [0.2, 0.25) is 0 Å². The highest BCUT2D eigenvalue weighted by molar-refractivity contribution is 5.49. The number of rotatable bonds is 14. The molecule has 0 saturated heterocycles. The van der Waals surface area contributed by atoms with Gasteiger partial charge in [-0.05, 0) is 49.2 Å². The number of nitrogens with one attached hydrogen (secondary N) is 1. The second kappa shape index (κ2) is 13.2. The maximum Gasteiger partial charge on any atom is 0.126 e. The van der Waals surface area contributed by atoms with Gasteiger partial charge < -0.3 is 19.9 Å². The lowest BCUT2D eigenvalue weighted by Crippen LogP contribution is -2.41. The average Bonchev–Trinajstić information content (AvgIpc) is 2.89. The van der Waals surface area contributed by atoms with Crippen LogP contribution in [0.4, 0.5) is 0 Å². The number of unbranched alkanes of at least 4 members (excludes halogenated alkanes) is 3. The topological polar surface area (TPSA) is 50.7 Å². The molecule has 34 heavy (non-hydrogen) atoms. The fourth-order valence-corrected chi connectivity index (χ4v) is 4.59. The molecule has 0 unspecified atom stereocenters. The van der Waals surface area contributed by atoms with E-state index >= 15 is 0 Å². The van der Waals surface area contributed by atoms with E-state index in [9.17, 15) is 5.11 Å². The minimum absolute atomic E-state index is 0.228. The molecular weight excluding hydrogens is 422 g/mol. The molecule has 0 aliphatic rings. The first kappa shape index (κ1) is 25.8. The van der Waals surface area contributed by atoms with Crippen LogP contribution in [0.25, 0.3) is 0 Å². The summed E-state index contributed by atoms with van der Waals surface area (Å²) >= 11 is 0. The standard InChI is InChI=1S/C30H39NO3/c1-4-6-7-13-22-31-23-28(24-14-9-8-10-15-24)30(32,27-16-11-12-17-29(27)33-3)25-18-20-26(21-19-25)34-5-2/h8-12,14-21,28,31-32H,4-7,13,22-23H2,1-3H3/t28-,30-/m0/s1. The highest BCUT2D eigenvalue weighted by Crippen LogP contribution is 2.46. The van der Waals surface area contributed by atoms with Crippen molar-refractivity contribution in [1.29, 1.82) is 0 Å². The fourth-order valence-electron chi connectivity index (χ4n) is 4.59. The second-order valence-electron chi connectivity index (χ2n) is 8.65. The molecule has 4 nitrogen and oxygen atoms in total. The van der Waals surface area contributed by atoms with E-state index in [0.29, 0.717) is 18.9 Å². The molecule has 0 spiro atoms. The molecule has 0 amide bonds. The summed E-state index contributed by atoms with van der Waals surface area (Å²) in [6.07, 6.45) is 4.82. The molecule has 0 aliphatic heterocycles. The minimum atomic E-state index is -1.31. The molecule has 2 atom stereocenters. The number of aliphatic hydroxyl groups is 1. The largest absolute Gasteiger partial charge is 0.496 e. The zero-order valence-corrected chi connectivity index (χ0v) is 20.8. The SMILES string of the molecule is CCCCCCNC[C@@H](c1ccccc1)[C@](O)(c1ccc(OCC)cc1)c1ccccc1OC. The molecule has 0 aromatic heterocycles. The van der Waals surface area contributed by atoms with E-state index in [1.54, 1.807) is 7.11 Å². The Labute approximate surface area is 204 Å². The Kier molecular flexibility index (Phi) is 9.99. The van der Waals surface area contributed by atoms with Gasteiger partial charge in [-0.15, -0.1) is 0 Å². The van der Waals surface area contributed by atoms with Crippen molar-refractivity contribution in [2.24, 2.45) is 0 Å². The predicted molar refractivity (Wildman–Crippen MR) is 140 cm³/mol. The zero-order chi connectivity index (χ0) is 24.2. The lowest BCUT2D eigenvalue weighted by Gasteiger charge is -2.39. The maximum atomic E-state index is 12.7. The molecule has 3 aromatic carbocycles. The summed E-state index contributed by atoms with van der Waals surface area (Å²) in [6, 6.07) is 25.8. The van der Waals surface area contributed by atoms with Crippen molar-refractivity contribution in [2.75, 3.05) is 26.8 Å². The van der Waals surface area contributed by atoms with Crippen molar-refractivity contribution in [1.82, 2.24) is 5.32 Å². The van der Waals surface area contributed by atoms with E-state index in [-0.39, 0.29) is 5.92 Å². The van der Waals surface area contributed by atoms with E-state index in [0.717, 1.165) is 35.4 Å². The van der Waals surface area contributed by atoms with Gasteiger partial charge >= 0.3 is 0 Å². The van der Waals surface area contributed by atoms with Crippen LogP contribution < -0.4 is 14.8 Å². The molecule has 3 rings (SSSR count). The Hall–Kier alpha value is -2.82. The summed E-state index contributed by atoms with van der Waals surface area (Å²) in [4.78, 5) is 0. The third-order valence-corrected chi connectivity index (χ3v) is 6.38. The first-order valence-corrected chi connectivity index (χ1v) is 12.5. The first-order valence-electron chi connectivity index (χ1n) is 12.5. The van der Waals surface area contributed by atoms with E-state index in [2.05, 4.69) is 24.4 Å². The summed E-state index contributed by atoms with van der Waals surface area (Å²) in [6.45, 7) is 6.36. The van der Waals surface area contributed by atoms with Crippen molar-refractivity contribution in [3.05, 3.63) is 95.6 Å². The molecule has 0 radical (unpaired) electrons. The van der Waals surface area contributed by atoms with E-state index in [4.69, 9.17) is 9.47 Å². The Morgan fingerprint density at radius 2 is 1.56 bits per heavy atom. The molecule has 0 heterocycles. The summed E-state index contributed by atoms with van der Waals surface area (Å²) in [5.74, 6) is 1.23. The Morgan fingerprint density at radius 1 is 0.853 bits per heavy atom. The lowest BCUT2D eigenvalue weighted by atomic mass is 9.72. The Morgan fingerprint density at radius 3 is 2.24 bits per heavy atom. The van der Waals surface area contributed by atoms with Gasteiger partial charge in [0.2, 0.25) is 0 Å². The highest BCUT2D eigenvalue weighted by Gasteiger charge is 2.43. The average molecular weight is 462 g/mol. The van der Waals surface area contributed by atoms with Gasteiger partial charge in [0.25, 0.3) is 0 Å². The van der Waals surface area contributed by atoms with Crippen LogP contribution >= 0.6 is 0 Å². The van der Waals surface area contributed by atoms with Crippen LogP contribution in [-0.4, -0.2) is 31.9 Å². The molecule has 0 fully saturated rings. The number of hydrogen-bond donors (Lipinski definition) is 2. The van der Waals surface area contributed by atoms with Crippen LogP contribution in [0.3, 0.4) is 0 Å². The number of para-hydroxylation sites is 1. The van der Waals surface area contributed by atoms with Crippen LogP contribution in [0.15, 0.2) is 78.9 Å². The summed E-state index contributed by atoms with van der Waals surface area (Å²) in [5, 5.41) is 16.3. The van der Waals surface area contributed by atoms with Gasteiger partial charge in [0.05, 0.1) is 13.7 Å². The summed E-state index contributed by atoms with van der Waals surface area (Å²) in [7, 11) is 1.65. The summed E-state index contributed by atoms with van der Waals surface area (Å²) in [5.41, 5.74) is 1.33. The molecule has 0 bridgehead atoms. The van der Waals surface area contributed by atoms with Crippen LogP contribution in [0, 0.1) is 0 Å². The van der Waals surface area contributed by atoms with Crippen LogP contribution in [0.5, 0.6) is 11.5 Å². The Bertz CT molecular complexity index is 974. The van der Waals surface area contributed by atoms with Crippen molar-refractivity contribution in [2.45, 2.75) is 51.0 Å². The van der Waals surface area contributed by atoms with E-state index in [1.165, 1.54) is 19.3 Å². The fraction of sp³-hybridized carbons (Fsp3) is 0.400. The van der Waals surface area contributed by atoms with Gasteiger partial charge in [-0.2, -0.15) is 0 Å². The van der Waals surface area contributed by atoms with Crippen molar-refractivity contribution >= 4 is 0 Å². The molecule has 3 aromatic rings. The van der Waals surface area contributed by atoms with Crippen molar-refractivity contribution < 1.29 is 14.6 Å². The number of methoxy groups -OCH3 is 1. The van der Waals surface area contributed by atoms with E-state index < -0.39 is 5.60 Å². The van der Waals surface area contributed by atoms with E-state index in [1.807, 2.05) is 73.7 Å². The quantitative estimate of drug-likeness (QED) is 0.277. The molecule has 0 saturated carbocycles. The zero-order valence-electron chi connectivity index (χ0n) is 20.8. The Balaban J connectivity index is 2.06. The minimum Gasteiger partial charge on any atom is -0.496 e. The number of benzene rings is 3. The monoisotopic (exact) mass is 461 g/mol. The van der Waals surface area contributed by atoms with Gasteiger partial charge in [0.1, 0.15) is 17.1 Å². The van der Waals surface area contributed by atoms with Gasteiger partial charge in [0.15, 0.2) is 0 Å². The lowest BCUT2D eigenvalue weighted by molar-refractivity contribution is 0.0465.